The summed E-state index contributed by atoms with van der Waals surface area (Å²) in [6.45, 7) is 0. The first-order valence-electron chi connectivity index (χ1n) is 7.49. The summed E-state index contributed by atoms with van der Waals surface area (Å²) in [4.78, 5) is 37.6. The summed E-state index contributed by atoms with van der Waals surface area (Å²) < 4.78 is 13.2. The molecule has 0 spiro atoms. The second-order valence-electron chi connectivity index (χ2n) is 5.56. The molecule has 0 radical (unpaired) electrons. The summed E-state index contributed by atoms with van der Waals surface area (Å²) >= 11 is 11.8. The van der Waals surface area contributed by atoms with Crippen LogP contribution in [0.15, 0.2) is 42.5 Å². The summed E-state index contributed by atoms with van der Waals surface area (Å²) in [6, 6.07) is 8.47. The lowest BCUT2D eigenvalue weighted by Gasteiger charge is -2.16. The fourth-order valence-electron chi connectivity index (χ4n) is 2.54. The smallest absolute Gasteiger partial charge is 0.265 e. The first-order valence-corrected chi connectivity index (χ1v) is 8.25. The van der Waals surface area contributed by atoms with Crippen LogP contribution < -0.4 is 15.8 Å². The highest BCUT2D eigenvalue weighted by Crippen LogP contribution is 2.29. The minimum atomic E-state index is -0.960. The van der Waals surface area contributed by atoms with E-state index in [0.717, 1.165) is 11.0 Å². The van der Waals surface area contributed by atoms with Gasteiger partial charge in [0.25, 0.3) is 11.8 Å². The summed E-state index contributed by atoms with van der Waals surface area (Å²) in [6.07, 6.45) is -0.160. The molecule has 1 heterocycles. The van der Waals surface area contributed by atoms with Crippen LogP contribution in [0, 0.1) is 5.82 Å². The van der Waals surface area contributed by atoms with E-state index in [1.165, 1.54) is 36.4 Å². The van der Waals surface area contributed by atoms with Crippen LogP contribution in [0.25, 0.3) is 0 Å². The molecular formula is C17H12Cl2FN3O3. The Morgan fingerprint density at radius 2 is 1.81 bits per heavy atom. The Hall–Kier alpha value is -2.48. The van der Waals surface area contributed by atoms with Crippen molar-refractivity contribution in [2.45, 2.75) is 12.5 Å². The fraction of sp³-hybridized carbons (Fsp3) is 0.118. The van der Waals surface area contributed by atoms with E-state index in [0.29, 0.717) is 0 Å². The monoisotopic (exact) mass is 395 g/mol. The van der Waals surface area contributed by atoms with E-state index < -0.39 is 29.6 Å². The van der Waals surface area contributed by atoms with E-state index in [4.69, 9.17) is 23.2 Å². The highest BCUT2D eigenvalue weighted by atomic mass is 35.5. The van der Waals surface area contributed by atoms with Gasteiger partial charge in [0.15, 0.2) is 0 Å². The number of hydrogen-bond donors (Lipinski definition) is 2. The second-order valence-corrected chi connectivity index (χ2v) is 6.43. The lowest BCUT2D eigenvalue weighted by molar-refractivity contribution is -0.121. The number of anilines is 1. The molecule has 2 aromatic rings. The average molecular weight is 396 g/mol. The minimum Gasteiger partial charge on any atom is -0.287 e. The normalized spacial score (nSPS) is 16.9. The van der Waals surface area contributed by atoms with E-state index in [-0.39, 0.29) is 27.7 Å². The van der Waals surface area contributed by atoms with Gasteiger partial charge in [0, 0.05) is 15.6 Å². The van der Waals surface area contributed by atoms with E-state index in [1.54, 1.807) is 0 Å². The summed E-state index contributed by atoms with van der Waals surface area (Å²) in [7, 11) is 0. The zero-order valence-electron chi connectivity index (χ0n) is 13.1. The Balaban J connectivity index is 1.70. The van der Waals surface area contributed by atoms with Crippen molar-refractivity contribution in [1.82, 2.24) is 10.9 Å². The van der Waals surface area contributed by atoms with Gasteiger partial charge >= 0.3 is 0 Å². The van der Waals surface area contributed by atoms with Crippen LogP contribution in [0.4, 0.5) is 10.1 Å². The molecule has 26 heavy (non-hydrogen) atoms. The molecule has 0 aromatic heterocycles. The molecule has 1 atom stereocenters. The maximum Gasteiger partial charge on any atom is 0.265 e. The topological polar surface area (TPSA) is 78.5 Å². The Labute approximate surface area is 157 Å². The van der Waals surface area contributed by atoms with Crippen molar-refractivity contribution in [3.05, 3.63) is 63.9 Å². The number of amides is 3. The van der Waals surface area contributed by atoms with Gasteiger partial charge in [0.05, 0.1) is 12.1 Å². The standard InChI is InChI=1S/C17H12Cl2FN3O3/c18-10-5-11(19)7-13(6-10)23-15(24)8-14(17(23)26)21-22-16(25)9-2-1-3-12(20)4-9/h1-7,14,21H,8H2,(H,22,25)/t14-/m1/s1. The third-order valence-electron chi connectivity index (χ3n) is 3.70. The lowest BCUT2D eigenvalue weighted by Crippen LogP contribution is -2.48. The Bertz CT molecular complexity index is 886. The van der Waals surface area contributed by atoms with Crippen LogP contribution in [-0.4, -0.2) is 23.8 Å². The first kappa shape index (κ1) is 18.3. The van der Waals surface area contributed by atoms with Gasteiger partial charge in [-0.1, -0.05) is 29.3 Å². The maximum atomic E-state index is 13.2. The van der Waals surface area contributed by atoms with Gasteiger partial charge < -0.3 is 0 Å². The molecule has 0 unspecified atom stereocenters. The average Bonchev–Trinajstić information content (AvgIpc) is 2.85. The highest BCUT2D eigenvalue weighted by Gasteiger charge is 2.40. The first-order chi connectivity index (χ1) is 12.3. The SMILES string of the molecule is O=C(NN[C@@H]1CC(=O)N(c2cc(Cl)cc(Cl)c2)C1=O)c1cccc(F)c1. The third-order valence-corrected chi connectivity index (χ3v) is 4.14. The molecule has 1 fully saturated rings. The lowest BCUT2D eigenvalue weighted by atomic mass is 10.2. The molecule has 3 rings (SSSR count). The molecule has 1 aliphatic rings. The zero-order valence-corrected chi connectivity index (χ0v) is 14.6. The van der Waals surface area contributed by atoms with E-state index in [2.05, 4.69) is 10.9 Å². The zero-order chi connectivity index (χ0) is 18.8. The number of nitrogens with zero attached hydrogens (tertiary/aromatic N) is 1. The number of imide groups is 1. The van der Waals surface area contributed by atoms with Crippen molar-refractivity contribution in [1.29, 1.82) is 0 Å². The van der Waals surface area contributed by atoms with Crippen LogP contribution in [-0.2, 0) is 9.59 Å². The molecule has 2 N–H and O–H groups in total. The minimum absolute atomic E-state index is 0.0766. The van der Waals surface area contributed by atoms with Crippen molar-refractivity contribution in [3.8, 4) is 0 Å². The number of nitrogens with one attached hydrogen (secondary N) is 2. The molecule has 134 valence electrons. The van der Waals surface area contributed by atoms with E-state index >= 15 is 0 Å². The summed E-state index contributed by atoms with van der Waals surface area (Å²) in [5.41, 5.74) is 5.14. The Morgan fingerprint density at radius 1 is 1.12 bits per heavy atom. The molecule has 0 bridgehead atoms. The van der Waals surface area contributed by atoms with E-state index in [9.17, 15) is 18.8 Å². The van der Waals surface area contributed by atoms with Crippen LogP contribution in [0.3, 0.4) is 0 Å². The predicted molar refractivity (Wildman–Crippen MR) is 94.4 cm³/mol. The number of carbonyl (C=O) groups is 3. The van der Waals surface area contributed by atoms with Gasteiger partial charge in [0.1, 0.15) is 11.9 Å². The van der Waals surface area contributed by atoms with Crippen LogP contribution in [0.1, 0.15) is 16.8 Å². The number of halogens is 3. The second kappa shape index (κ2) is 7.41. The molecule has 1 saturated heterocycles. The molecule has 3 amide bonds. The number of benzene rings is 2. The van der Waals surface area contributed by atoms with Crippen LogP contribution >= 0.6 is 23.2 Å². The predicted octanol–water partition coefficient (Wildman–Crippen LogP) is 2.70. The molecule has 6 nitrogen and oxygen atoms in total. The molecule has 2 aromatic carbocycles. The highest BCUT2D eigenvalue weighted by molar-refractivity contribution is 6.35. The van der Waals surface area contributed by atoms with Gasteiger partial charge in [-0.15, -0.1) is 0 Å². The molecule has 0 aliphatic carbocycles. The van der Waals surface area contributed by atoms with Crippen molar-refractivity contribution in [2.75, 3.05) is 4.90 Å². The Morgan fingerprint density at radius 3 is 2.46 bits per heavy atom. The molecule has 0 saturated carbocycles. The van der Waals surface area contributed by atoms with E-state index in [1.807, 2.05) is 0 Å². The van der Waals surface area contributed by atoms with Gasteiger partial charge in [-0.25, -0.2) is 14.7 Å². The molecule has 9 heteroatoms. The Kier molecular flexibility index (Phi) is 5.22. The summed E-state index contributed by atoms with van der Waals surface area (Å²) in [5.74, 6) is -2.22. The third kappa shape index (κ3) is 3.85. The number of rotatable bonds is 4. The summed E-state index contributed by atoms with van der Waals surface area (Å²) in [5, 5.41) is 0.563. The number of carbonyl (C=O) groups excluding carboxylic acids is 3. The fourth-order valence-corrected chi connectivity index (χ4v) is 3.05. The van der Waals surface area contributed by atoms with Crippen molar-refractivity contribution in [2.24, 2.45) is 0 Å². The van der Waals surface area contributed by atoms with Gasteiger partial charge in [0.2, 0.25) is 5.91 Å². The largest absolute Gasteiger partial charge is 0.287 e. The van der Waals surface area contributed by atoms with Gasteiger partial charge in [-0.05, 0) is 36.4 Å². The quantitative estimate of drug-likeness (QED) is 0.616. The van der Waals surface area contributed by atoms with Gasteiger partial charge in [-0.2, -0.15) is 0 Å². The molecular weight excluding hydrogens is 384 g/mol. The number of hydrogen-bond acceptors (Lipinski definition) is 4. The maximum absolute atomic E-state index is 13.2. The number of hydrazine groups is 1. The van der Waals surface area contributed by atoms with Crippen molar-refractivity contribution in [3.63, 3.8) is 0 Å². The van der Waals surface area contributed by atoms with Crippen LogP contribution in [0.5, 0.6) is 0 Å². The van der Waals surface area contributed by atoms with Crippen molar-refractivity contribution >= 4 is 46.6 Å². The molecule has 1 aliphatic heterocycles. The van der Waals surface area contributed by atoms with Crippen LogP contribution in [0.2, 0.25) is 10.0 Å². The van der Waals surface area contributed by atoms with Crippen molar-refractivity contribution < 1.29 is 18.8 Å². The van der Waals surface area contributed by atoms with Gasteiger partial charge in [-0.3, -0.25) is 19.8 Å².